The molecule has 0 bridgehead atoms. The van der Waals surface area contributed by atoms with Crippen molar-refractivity contribution in [3.05, 3.63) is 35.9 Å². The standard InChI is InChI=1S/C15H20O4/c16-13-8-4-5-9-15(13,18)10-14(17)19-11-12-6-2-1-3-7-12/h1-3,6-7,13,16,18H,4-5,8-11H2/t13-,15-/m1/s1. The van der Waals surface area contributed by atoms with Crippen LogP contribution in [0.3, 0.4) is 0 Å². The van der Waals surface area contributed by atoms with Gasteiger partial charge in [0.1, 0.15) is 12.2 Å². The predicted molar refractivity (Wildman–Crippen MR) is 70.3 cm³/mol. The summed E-state index contributed by atoms with van der Waals surface area (Å²) in [5.41, 5.74) is -0.404. The maximum atomic E-state index is 11.7. The van der Waals surface area contributed by atoms with E-state index in [1.165, 1.54) is 0 Å². The normalized spacial score (nSPS) is 26.9. The third-order valence-electron chi connectivity index (χ3n) is 3.65. The molecule has 0 unspecified atom stereocenters. The van der Waals surface area contributed by atoms with E-state index in [2.05, 4.69) is 0 Å². The number of carbonyl (C=O) groups is 1. The third kappa shape index (κ3) is 3.78. The van der Waals surface area contributed by atoms with Crippen molar-refractivity contribution in [2.75, 3.05) is 0 Å². The quantitative estimate of drug-likeness (QED) is 0.814. The van der Waals surface area contributed by atoms with Crippen LogP contribution in [0.4, 0.5) is 0 Å². The Kier molecular flexibility index (Phi) is 4.56. The second-order valence-electron chi connectivity index (χ2n) is 5.19. The van der Waals surface area contributed by atoms with Crippen molar-refractivity contribution in [2.45, 2.75) is 50.4 Å². The van der Waals surface area contributed by atoms with E-state index < -0.39 is 17.7 Å². The van der Waals surface area contributed by atoms with E-state index in [0.717, 1.165) is 18.4 Å². The maximum absolute atomic E-state index is 11.7. The van der Waals surface area contributed by atoms with Crippen LogP contribution in [0, 0.1) is 0 Å². The number of hydrogen-bond acceptors (Lipinski definition) is 4. The van der Waals surface area contributed by atoms with Gasteiger partial charge in [-0.15, -0.1) is 0 Å². The van der Waals surface area contributed by atoms with Crippen molar-refractivity contribution in [1.82, 2.24) is 0 Å². The summed E-state index contributed by atoms with van der Waals surface area (Å²) in [7, 11) is 0. The molecule has 1 fully saturated rings. The van der Waals surface area contributed by atoms with E-state index in [9.17, 15) is 15.0 Å². The monoisotopic (exact) mass is 264 g/mol. The van der Waals surface area contributed by atoms with Gasteiger partial charge in [-0.2, -0.15) is 0 Å². The average molecular weight is 264 g/mol. The lowest BCUT2D eigenvalue weighted by Gasteiger charge is -2.36. The molecule has 4 heteroatoms. The Hall–Kier alpha value is -1.39. The molecule has 1 aliphatic rings. The average Bonchev–Trinajstić information content (AvgIpc) is 2.41. The second-order valence-corrected chi connectivity index (χ2v) is 5.19. The van der Waals surface area contributed by atoms with E-state index in [-0.39, 0.29) is 13.0 Å². The van der Waals surface area contributed by atoms with Gasteiger partial charge in [0.2, 0.25) is 0 Å². The highest BCUT2D eigenvalue weighted by Crippen LogP contribution is 2.31. The Morgan fingerprint density at radius 1 is 1.32 bits per heavy atom. The Morgan fingerprint density at radius 2 is 2.05 bits per heavy atom. The molecule has 2 atom stereocenters. The van der Waals surface area contributed by atoms with Crippen molar-refractivity contribution < 1.29 is 19.7 Å². The van der Waals surface area contributed by atoms with Crippen LogP contribution >= 0.6 is 0 Å². The largest absolute Gasteiger partial charge is 0.461 e. The summed E-state index contributed by atoms with van der Waals surface area (Å²) in [6.07, 6.45) is 1.76. The zero-order chi connectivity index (χ0) is 13.7. The summed E-state index contributed by atoms with van der Waals surface area (Å²) >= 11 is 0. The molecule has 1 aliphatic carbocycles. The van der Waals surface area contributed by atoms with Gasteiger partial charge in [-0.3, -0.25) is 4.79 Å². The van der Waals surface area contributed by atoms with Gasteiger partial charge < -0.3 is 14.9 Å². The molecule has 0 aromatic heterocycles. The molecular formula is C15H20O4. The smallest absolute Gasteiger partial charge is 0.309 e. The van der Waals surface area contributed by atoms with Gasteiger partial charge in [0.25, 0.3) is 0 Å². The van der Waals surface area contributed by atoms with Crippen LogP contribution in [0.5, 0.6) is 0 Å². The van der Waals surface area contributed by atoms with Gasteiger partial charge in [-0.05, 0) is 18.4 Å². The number of hydrogen-bond donors (Lipinski definition) is 2. The highest BCUT2D eigenvalue weighted by Gasteiger charge is 2.40. The maximum Gasteiger partial charge on any atom is 0.309 e. The highest BCUT2D eigenvalue weighted by atomic mass is 16.5. The molecule has 0 radical (unpaired) electrons. The summed E-state index contributed by atoms with van der Waals surface area (Å²) in [6.45, 7) is 0.200. The van der Waals surface area contributed by atoms with Gasteiger partial charge in [-0.25, -0.2) is 0 Å². The minimum absolute atomic E-state index is 0.138. The van der Waals surface area contributed by atoms with Crippen molar-refractivity contribution in [3.63, 3.8) is 0 Å². The first-order valence-corrected chi connectivity index (χ1v) is 6.70. The number of rotatable bonds is 4. The molecule has 0 spiro atoms. The van der Waals surface area contributed by atoms with Gasteiger partial charge in [-0.1, -0.05) is 43.2 Å². The molecule has 0 amide bonds. The van der Waals surface area contributed by atoms with Crippen LogP contribution in [-0.4, -0.2) is 27.9 Å². The summed E-state index contributed by atoms with van der Waals surface area (Å²) in [6, 6.07) is 9.39. The molecule has 104 valence electrons. The van der Waals surface area contributed by atoms with Gasteiger partial charge >= 0.3 is 5.97 Å². The number of carbonyl (C=O) groups excluding carboxylic acids is 1. The first-order valence-electron chi connectivity index (χ1n) is 6.70. The Balaban J connectivity index is 1.84. The van der Waals surface area contributed by atoms with E-state index in [1.54, 1.807) is 0 Å². The molecule has 19 heavy (non-hydrogen) atoms. The fourth-order valence-corrected chi connectivity index (χ4v) is 2.45. The molecule has 1 saturated carbocycles. The summed E-state index contributed by atoms with van der Waals surface area (Å²) in [4.78, 5) is 11.7. The zero-order valence-corrected chi connectivity index (χ0v) is 10.9. The fourth-order valence-electron chi connectivity index (χ4n) is 2.45. The van der Waals surface area contributed by atoms with E-state index in [0.29, 0.717) is 12.8 Å². The SMILES string of the molecule is O=C(C[C@]1(O)CCCC[C@H]1O)OCc1ccccc1. The number of benzene rings is 1. The van der Waals surface area contributed by atoms with Gasteiger partial charge in [0.05, 0.1) is 12.5 Å². The highest BCUT2D eigenvalue weighted by molar-refractivity contribution is 5.70. The van der Waals surface area contributed by atoms with E-state index >= 15 is 0 Å². The number of ether oxygens (including phenoxy) is 1. The molecule has 0 heterocycles. The molecule has 1 aromatic rings. The van der Waals surface area contributed by atoms with Crippen LogP contribution in [0.25, 0.3) is 0 Å². The molecule has 0 saturated heterocycles. The van der Waals surface area contributed by atoms with Crippen LogP contribution in [0.2, 0.25) is 0 Å². The third-order valence-corrected chi connectivity index (χ3v) is 3.65. The van der Waals surface area contributed by atoms with Crippen molar-refractivity contribution in [2.24, 2.45) is 0 Å². The second kappa shape index (κ2) is 6.17. The fraction of sp³-hybridized carbons (Fsp3) is 0.533. The molecule has 2 rings (SSSR count). The van der Waals surface area contributed by atoms with E-state index in [1.807, 2.05) is 30.3 Å². The summed E-state index contributed by atoms with van der Waals surface area (Å²) in [5.74, 6) is -0.465. The predicted octanol–water partition coefficient (Wildman–Crippen LogP) is 1.79. The lowest BCUT2D eigenvalue weighted by molar-refractivity contribution is -0.160. The minimum atomic E-state index is -1.31. The Morgan fingerprint density at radius 3 is 2.74 bits per heavy atom. The number of aliphatic hydroxyl groups excluding tert-OH is 1. The Bertz CT molecular complexity index is 417. The van der Waals surface area contributed by atoms with Crippen LogP contribution in [0.1, 0.15) is 37.7 Å². The lowest BCUT2D eigenvalue weighted by Crippen LogP contribution is -2.46. The van der Waals surface area contributed by atoms with Crippen LogP contribution < -0.4 is 0 Å². The number of esters is 1. The van der Waals surface area contributed by atoms with Crippen LogP contribution in [-0.2, 0) is 16.1 Å². The lowest BCUT2D eigenvalue weighted by atomic mass is 9.80. The van der Waals surface area contributed by atoms with Crippen molar-refractivity contribution in [1.29, 1.82) is 0 Å². The first kappa shape index (κ1) is 14.0. The van der Waals surface area contributed by atoms with Crippen molar-refractivity contribution in [3.8, 4) is 0 Å². The molecular weight excluding hydrogens is 244 g/mol. The van der Waals surface area contributed by atoms with Crippen molar-refractivity contribution >= 4 is 5.97 Å². The molecule has 0 aliphatic heterocycles. The summed E-state index contributed by atoms with van der Waals surface area (Å²) in [5, 5.41) is 20.1. The summed E-state index contributed by atoms with van der Waals surface area (Å²) < 4.78 is 5.13. The van der Waals surface area contributed by atoms with E-state index in [4.69, 9.17) is 4.74 Å². The first-order chi connectivity index (χ1) is 9.10. The Labute approximate surface area is 113 Å². The molecule has 2 N–H and O–H groups in total. The zero-order valence-electron chi connectivity index (χ0n) is 10.9. The van der Waals surface area contributed by atoms with Crippen LogP contribution in [0.15, 0.2) is 30.3 Å². The number of aliphatic hydroxyl groups is 2. The minimum Gasteiger partial charge on any atom is -0.461 e. The molecule has 1 aromatic carbocycles. The topological polar surface area (TPSA) is 66.8 Å². The molecule has 4 nitrogen and oxygen atoms in total. The van der Waals surface area contributed by atoms with Gasteiger partial charge in [0.15, 0.2) is 0 Å². The van der Waals surface area contributed by atoms with Gasteiger partial charge in [0, 0.05) is 0 Å².